The van der Waals surface area contributed by atoms with Crippen LogP contribution in [-0.2, 0) is 16.6 Å². The van der Waals surface area contributed by atoms with Gasteiger partial charge in [-0.2, -0.15) is 0 Å². The van der Waals surface area contributed by atoms with E-state index in [0.29, 0.717) is 23.9 Å². The van der Waals surface area contributed by atoms with Gasteiger partial charge in [-0.15, -0.1) is 0 Å². The van der Waals surface area contributed by atoms with Crippen LogP contribution in [0.4, 0.5) is 0 Å². The molecule has 4 saturated carbocycles. The minimum Gasteiger partial charge on any atom is -0.486 e. The molecule has 4 heteroatoms. The molecule has 2 spiro atoms. The molecule has 0 aromatic heterocycles. The average Bonchev–Trinajstić information content (AvgIpc) is 3.48. The third kappa shape index (κ3) is 1.78. The normalized spacial score (nSPS) is 46.5. The Morgan fingerprint density at radius 1 is 1.24 bits per heavy atom. The van der Waals surface area contributed by atoms with Gasteiger partial charge in [-0.25, -0.2) is 0 Å². The van der Waals surface area contributed by atoms with Gasteiger partial charge in [0.25, 0.3) is 0 Å². The molecule has 1 aromatic rings. The zero-order valence-electron chi connectivity index (χ0n) is 17.9. The highest BCUT2D eigenvalue weighted by atomic mass is 16.6. The van der Waals surface area contributed by atoms with Gasteiger partial charge >= 0.3 is 0 Å². The van der Waals surface area contributed by atoms with E-state index < -0.39 is 0 Å². The summed E-state index contributed by atoms with van der Waals surface area (Å²) in [5, 5.41) is 0. The van der Waals surface area contributed by atoms with Crippen LogP contribution in [0.3, 0.4) is 0 Å². The highest BCUT2D eigenvalue weighted by Gasteiger charge is 2.80. The van der Waals surface area contributed by atoms with Crippen molar-refractivity contribution in [1.82, 2.24) is 4.90 Å². The molecule has 29 heavy (non-hydrogen) atoms. The second-order valence-electron chi connectivity index (χ2n) is 11.1. The maximum atomic E-state index is 6.99. The standard InChI is InChI=1S/C25H34N2O2/c1-15-3-6-17-11-19-23-7-8-25(28-2,18(12-23)13-26)22-24(23,20(17)21(15)29-22)9-10-27(19)14-16-4-5-16/h3,6,16,18-19,22H,4-5,7-14,26H2,1-2H3/t18-,19-,22-,23?,24+,25?/m1/s1. The zero-order chi connectivity index (χ0) is 19.6. The second-order valence-corrected chi connectivity index (χ2v) is 11.1. The third-order valence-electron chi connectivity index (χ3n) is 10.3. The smallest absolute Gasteiger partial charge is 0.138 e. The molecule has 7 aliphatic rings. The summed E-state index contributed by atoms with van der Waals surface area (Å²) in [6.07, 6.45) is 9.03. The number of rotatable bonds is 4. The Morgan fingerprint density at radius 3 is 2.86 bits per heavy atom. The van der Waals surface area contributed by atoms with E-state index in [-0.39, 0.29) is 17.1 Å². The van der Waals surface area contributed by atoms with E-state index in [0.717, 1.165) is 12.3 Å². The molecule has 8 rings (SSSR count). The van der Waals surface area contributed by atoms with Crippen molar-refractivity contribution in [2.24, 2.45) is 23.0 Å². The van der Waals surface area contributed by atoms with Crippen LogP contribution in [0.15, 0.2) is 12.1 Å². The minimum atomic E-state index is -0.222. The summed E-state index contributed by atoms with van der Waals surface area (Å²) in [5.74, 6) is 2.55. The van der Waals surface area contributed by atoms with E-state index in [2.05, 4.69) is 24.0 Å². The van der Waals surface area contributed by atoms with Crippen molar-refractivity contribution in [3.63, 3.8) is 0 Å². The molecule has 4 nitrogen and oxygen atoms in total. The van der Waals surface area contributed by atoms with E-state index in [1.54, 1.807) is 11.1 Å². The number of ether oxygens (including phenoxy) is 2. The number of hydrogen-bond acceptors (Lipinski definition) is 4. The first-order chi connectivity index (χ1) is 14.1. The Kier molecular flexibility index (Phi) is 3.26. The SMILES string of the molecule is COC12CCC3(C[C@@H]1CN)[C@H]1Cc4ccc(C)c5c4[C@@]3(CCN1CC1CC1)[C@H]2O5. The maximum Gasteiger partial charge on any atom is 0.138 e. The van der Waals surface area contributed by atoms with Crippen molar-refractivity contribution in [3.8, 4) is 5.75 Å². The monoisotopic (exact) mass is 394 g/mol. The van der Waals surface area contributed by atoms with Crippen molar-refractivity contribution >= 4 is 0 Å². The molecule has 0 radical (unpaired) electrons. The summed E-state index contributed by atoms with van der Waals surface area (Å²) >= 11 is 0. The molecule has 0 amide bonds. The number of aryl methyl sites for hydroxylation is 1. The zero-order valence-corrected chi connectivity index (χ0v) is 17.9. The van der Waals surface area contributed by atoms with Crippen molar-refractivity contribution in [3.05, 3.63) is 28.8 Å². The maximum absolute atomic E-state index is 6.99. The molecule has 2 N–H and O–H groups in total. The molecule has 4 bridgehead atoms. The molecular weight excluding hydrogens is 360 g/mol. The molecule has 5 aliphatic carbocycles. The quantitative estimate of drug-likeness (QED) is 0.852. The number of piperidine rings is 1. The van der Waals surface area contributed by atoms with E-state index in [9.17, 15) is 0 Å². The van der Waals surface area contributed by atoms with Crippen LogP contribution >= 0.6 is 0 Å². The Morgan fingerprint density at radius 2 is 2.10 bits per heavy atom. The minimum absolute atomic E-state index is 0.132. The van der Waals surface area contributed by atoms with Crippen molar-refractivity contribution in [2.45, 2.75) is 75.0 Å². The lowest BCUT2D eigenvalue weighted by atomic mass is 9.35. The van der Waals surface area contributed by atoms with Gasteiger partial charge in [-0.1, -0.05) is 12.1 Å². The first-order valence-electron chi connectivity index (χ1n) is 11.9. The molecule has 5 fully saturated rings. The predicted octanol–water partition coefficient (Wildman–Crippen LogP) is 3.18. The Labute approximate surface area is 174 Å². The topological polar surface area (TPSA) is 47.7 Å². The van der Waals surface area contributed by atoms with Crippen LogP contribution in [0.5, 0.6) is 5.75 Å². The fourth-order valence-corrected chi connectivity index (χ4v) is 8.97. The summed E-state index contributed by atoms with van der Waals surface area (Å²) in [6.45, 7) is 5.48. The van der Waals surface area contributed by atoms with Gasteiger partial charge in [0.15, 0.2) is 0 Å². The molecular formula is C25H34N2O2. The predicted molar refractivity (Wildman–Crippen MR) is 112 cm³/mol. The first-order valence-corrected chi connectivity index (χ1v) is 11.9. The summed E-state index contributed by atoms with van der Waals surface area (Å²) in [5.41, 5.74) is 11.1. The summed E-state index contributed by atoms with van der Waals surface area (Å²) in [7, 11) is 1.92. The number of benzene rings is 1. The Bertz CT molecular complexity index is 897. The number of nitrogens with zero attached hydrogens (tertiary/aromatic N) is 1. The van der Waals surface area contributed by atoms with Gasteiger partial charge in [0.05, 0.1) is 0 Å². The van der Waals surface area contributed by atoms with Gasteiger partial charge in [-0.3, -0.25) is 4.90 Å². The number of nitrogens with two attached hydrogens (primary N) is 1. The van der Waals surface area contributed by atoms with Crippen LogP contribution < -0.4 is 10.5 Å². The fraction of sp³-hybridized carbons (Fsp3) is 0.760. The van der Waals surface area contributed by atoms with Crippen LogP contribution in [0.2, 0.25) is 0 Å². The van der Waals surface area contributed by atoms with Gasteiger partial charge in [-0.05, 0) is 82.0 Å². The van der Waals surface area contributed by atoms with Crippen molar-refractivity contribution in [1.29, 1.82) is 0 Å². The summed E-state index contributed by atoms with van der Waals surface area (Å²) in [4.78, 5) is 2.90. The van der Waals surface area contributed by atoms with E-state index in [4.69, 9.17) is 15.2 Å². The number of fused-ring (bicyclic) bond motifs is 2. The Hall–Kier alpha value is -1.10. The molecule has 6 atom stereocenters. The molecule has 2 aliphatic heterocycles. The average molecular weight is 395 g/mol. The van der Waals surface area contributed by atoms with Crippen LogP contribution in [-0.4, -0.2) is 49.4 Å². The van der Waals surface area contributed by atoms with Crippen LogP contribution in [0.25, 0.3) is 0 Å². The highest BCUT2D eigenvalue weighted by molar-refractivity contribution is 5.61. The van der Waals surface area contributed by atoms with E-state index in [1.807, 2.05) is 7.11 Å². The van der Waals surface area contributed by atoms with E-state index in [1.165, 1.54) is 62.9 Å². The summed E-state index contributed by atoms with van der Waals surface area (Å²) < 4.78 is 13.4. The largest absolute Gasteiger partial charge is 0.486 e. The van der Waals surface area contributed by atoms with Crippen LogP contribution in [0.1, 0.15) is 55.2 Å². The van der Waals surface area contributed by atoms with Gasteiger partial charge in [0.2, 0.25) is 0 Å². The number of methoxy groups -OCH3 is 1. The Balaban J connectivity index is 1.48. The fourth-order valence-electron chi connectivity index (χ4n) is 8.97. The van der Waals surface area contributed by atoms with E-state index >= 15 is 0 Å². The number of hydrogen-bond donors (Lipinski definition) is 1. The highest BCUT2D eigenvalue weighted by Crippen LogP contribution is 2.76. The molecule has 2 heterocycles. The summed E-state index contributed by atoms with van der Waals surface area (Å²) in [6, 6.07) is 5.36. The van der Waals surface area contributed by atoms with Gasteiger partial charge < -0.3 is 15.2 Å². The lowest BCUT2D eigenvalue weighted by Crippen LogP contribution is -2.81. The second kappa shape index (κ2) is 5.38. The molecule has 2 unspecified atom stereocenters. The lowest BCUT2D eigenvalue weighted by molar-refractivity contribution is -0.275. The van der Waals surface area contributed by atoms with Crippen LogP contribution in [0, 0.1) is 24.2 Å². The van der Waals surface area contributed by atoms with Crippen molar-refractivity contribution in [2.75, 3.05) is 26.7 Å². The van der Waals surface area contributed by atoms with Gasteiger partial charge in [0, 0.05) is 42.0 Å². The molecule has 156 valence electrons. The lowest BCUT2D eigenvalue weighted by Gasteiger charge is -2.74. The van der Waals surface area contributed by atoms with Crippen molar-refractivity contribution < 1.29 is 9.47 Å². The molecule has 1 aromatic carbocycles. The molecule has 1 saturated heterocycles. The third-order valence-corrected chi connectivity index (χ3v) is 10.3. The first kappa shape index (κ1) is 17.6. The number of likely N-dealkylation sites (tertiary alicyclic amines) is 1. The van der Waals surface area contributed by atoms with Gasteiger partial charge in [0.1, 0.15) is 17.5 Å².